The van der Waals surface area contributed by atoms with Crippen molar-refractivity contribution < 1.29 is 9.53 Å². The average Bonchev–Trinajstić information content (AvgIpc) is 2.70. The first-order chi connectivity index (χ1) is 12.7. The molecule has 0 spiro atoms. The van der Waals surface area contributed by atoms with E-state index in [1.807, 2.05) is 37.3 Å². The molecule has 1 aliphatic carbocycles. The van der Waals surface area contributed by atoms with Crippen LogP contribution in [0.15, 0.2) is 48.5 Å². The monoisotopic (exact) mass is 348 g/mol. The molecule has 1 fully saturated rings. The van der Waals surface area contributed by atoms with Crippen LogP contribution in [-0.4, -0.2) is 12.5 Å². The van der Waals surface area contributed by atoms with Crippen molar-refractivity contribution in [2.24, 2.45) is 0 Å². The summed E-state index contributed by atoms with van der Waals surface area (Å²) in [6, 6.07) is 17.4. The van der Waals surface area contributed by atoms with Gasteiger partial charge in [-0.3, -0.25) is 4.79 Å². The number of nitriles is 1. The second-order valence-electron chi connectivity index (χ2n) is 6.72. The number of carbonyl (C=O) groups is 1. The van der Waals surface area contributed by atoms with E-state index in [1.165, 1.54) is 0 Å². The molecule has 0 aromatic heterocycles. The van der Waals surface area contributed by atoms with Gasteiger partial charge in [0.25, 0.3) is 0 Å². The van der Waals surface area contributed by atoms with Gasteiger partial charge in [0, 0.05) is 0 Å². The van der Waals surface area contributed by atoms with Gasteiger partial charge in [0.15, 0.2) is 0 Å². The van der Waals surface area contributed by atoms with Crippen molar-refractivity contribution in [3.8, 4) is 11.8 Å². The van der Waals surface area contributed by atoms with E-state index in [0.29, 0.717) is 23.6 Å². The number of nitrogens with one attached hydrogen (secondary N) is 1. The van der Waals surface area contributed by atoms with Crippen molar-refractivity contribution in [3.05, 3.63) is 59.7 Å². The Bertz CT molecular complexity index is 803. The third-order valence-corrected chi connectivity index (χ3v) is 5.14. The predicted molar refractivity (Wildman–Crippen MR) is 102 cm³/mol. The molecule has 0 heterocycles. The molecule has 2 aromatic carbocycles. The molecule has 1 aliphatic rings. The highest BCUT2D eigenvalue weighted by molar-refractivity contribution is 6.00. The molecule has 0 saturated heterocycles. The molecule has 0 radical (unpaired) electrons. The van der Waals surface area contributed by atoms with Gasteiger partial charge >= 0.3 is 0 Å². The molecule has 134 valence electrons. The lowest BCUT2D eigenvalue weighted by molar-refractivity contribution is -0.122. The molecule has 2 aromatic rings. The summed E-state index contributed by atoms with van der Waals surface area (Å²) >= 11 is 0. The van der Waals surface area contributed by atoms with Crippen molar-refractivity contribution in [1.29, 1.82) is 5.26 Å². The summed E-state index contributed by atoms with van der Waals surface area (Å²) in [7, 11) is 0. The Balaban J connectivity index is 1.91. The number of hydrogen-bond acceptors (Lipinski definition) is 3. The van der Waals surface area contributed by atoms with Crippen LogP contribution in [0.25, 0.3) is 0 Å². The van der Waals surface area contributed by atoms with Gasteiger partial charge in [-0.1, -0.05) is 49.6 Å². The number of nitrogens with zero attached hydrogens (tertiary/aromatic N) is 1. The fourth-order valence-corrected chi connectivity index (χ4v) is 3.78. The predicted octanol–water partition coefficient (Wildman–Crippen LogP) is 4.80. The lowest BCUT2D eigenvalue weighted by Gasteiger charge is -2.36. The first kappa shape index (κ1) is 18.0. The topological polar surface area (TPSA) is 62.1 Å². The molecule has 0 bridgehead atoms. The zero-order chi connectivity index (χ0) is 18.4. The molecular weight excluding hydrogens is 324 g/mol. The minimum atomic E-state index is -0.523. The van der Waals surface area contributed by atoms with Gasteiger partial charge in [0.1, 0.15) is 11.8 Å². The van der Waals surface area contributed by atoms with Gasteiger partial charge in [-0.05, 0) is 43.5 Å². The average molecular weight is 348 g/mol. The van der Waals surface area contributed by atoms with E-state index in [-0.39, 0.29) is 5.91 Å². The fourth-order valence-electron chi connectivity index (χ4n) is 3.78. The zero-order valence-corrected chi connectivity index (χ0v) is 15.1. The normalized spacial score (nSPS) is 15.7. The molecule has 3 rings (SSSR count). The van der Waals surface area contributed by atoms with Crippen LogP contribution in [0.1, 0.15) is 50.2 Å². The molecule has 1 N–H and O–H groups in total. The van der Waals surface area contributed by atoms with E-state index in [9.17, 15) is 10.1 Å². The molecule has 26 heavy (non-hydrogen) atoms. The molecule has 1 amide bonds. The maximum Gasteiger partial charge on any atom is 0.235 e. The van der Waals surface area contributed by atoms with Gasteiger partial charge in [0.2, 0.25) is 5.91 Å². The summed E-state index contributed by atoms with van der Waals surface area (Å²) in [5.41, 5.74) is 1.50. The maximum atomic E-state index is 13.3. The summed E-state index contributed by atoms with van der Waals surface area (Å²) in [6.45, 7) is 2.43. The standard InChI is InChI=1S/C22H24N2O2/c1-2-26-19-11-12-20(17(15-19)16-23)24-21(25)22(13-7-4-8-14-22)18-9-5-3-6-10-18/h3,5-6,9-12,15H,2,4,7-8,13-14H2,1H3,(H,24,25). The van der Waals surface area contributed by atoms with E-state index in [2.05, 4.69) is 11.4 Å². The lowest BCUT2D eigenvalue weighted by atomic mass is 9.68. The van der Waals surface area contributed by atoms with E-state index in [4.69, 9.17) is 4.74 Å². The zero-order valence-electron chi connectivity index (χ0n) is 15.1. The Hall–Kier alpha value is -2.80. The van der Waals surface area contributed by atoms with E-state index in [0.717, 1.165) is 37.7 Å². The van der Waals surface area contributed by atoms with E-state index in [1.54, 1.807) is 18.2 Å². The number of anilines is 1. The minimum Gasteiger partial charge on any atom is -0.494 e. The Morgan fingerprint density at radius 1 is 1.15 bits per heavy atom. The third kappa shape index (κ3) is 3.57. The van der Waals surface area contributed by atoms with Gasteiger partial charge in [-0.15, -0.1) is 0 Å². The molecular formula is C22H24N2O2. The highest BCUT2D eigenvalue weighted by Gasteiger charge is 2.41. The summed E-state index contributed by atoms with van der Waals surface area (Å²) < 4.78 is 5.45. The Morgan fingerprint density at radius 3 is 2.54 bits per heavy atom. The molecule has 4 nitrogen and oxygen atoms in total. The minimum absolute atomic E-state index is 0.0240. The number of carbonyl (C=O) groups excluding carboxylic acids is 1. The van der Waals surface area contributed by atoms with Crippen LogP contribution in [0.2, 0.25) is 0 Å². The maximum absolute atomic E-state index is 13.3. The number of amides is 1. The Labute approximate surface area is 154 Å². The Morgan fingerprint density at radius 2 is 1.88 bits per heavy atom. The highest BCUT2D eigenvalue weighted by Crippen LogP contribution is 2.40. The largest absolute Gasteiger partial charge is 0.494 e. The van der Waals surface area contributed by atoms with Crippen molar-refractivity contribution in [3.63, 3.8) is 0 Å². The molecule has 1 saturated carbocycles. The van der Waals surface area contributed by atoms with Crippen LogP contribution in [0.4, 0.5) is 5.69 Å². The van der Waals surface area contributed by atoms with Crippen LogP contribution in [0.5, 0.6) is 5.75 Å². The van der Waals surface area contributed by atoms with Crippen molar-refractivity contribution in [2.45, 2.75) is 44.4 Å². The van der Waals surface area contributed by atoms with Gasteiger partial charge in [0.05, 0.1) is 23.3 Å². The summed E-state index contributed by atoms with van der Waals surface area (Å²) in [5.74, 6) is 0.613. The quantitative estimate of drug-likeness (QED) is 0.844. The number of rotatable bonds is 5. The lowest BCUT2D eigenvalue weighted by Crippen LogP contribution is -2.42. The Kier molecular flexibility index (Phi) is 5.58. The third-order valence-electron chi connectivity index (χ3n) is 5.14. The van der Waals surface area contributed by atoms with Crippen LogP contribution >= 0.6 is 0 Å². The van der Waals surface area contributed by atoms with Crippen LogP contribution in [-0.2, 0) is 10.2 Å². The SMILES string of the molecule is CCOc1ccc(NC(=O)C2(c3ccccc3)CCCCC2)c(C#N)c1. The van der Waals surface area contributed by atoms with Crippen LogP contribution in [0.3, 0.4) is 0 Å². The van der Waals surface area contributed by atoms with Crippen molar-refractivity contribution in [2.75, 3.05) is 11.9 Å². The van der Waals surface area contributed by atoms with Crippen molar-refractivity contribution >= 4 is 11.6 Å². The highest BCUT2D eigenvalue weighted by atomic mass is 16.5. The second kappa shape index (κ2) is 8.05. The van der Waals surface area contributed by atoms with Crippen LogP contribution in [0, 0.1) is 11.3 Å². The molecule has 0 aliphatic heterocycles. The summed E-state index contributed by atoms with van der Waals surface area (Å²) in [5, 5.41) is 12.5. The fraction of sp³-hybridized carbons (Fsp3) is 0.364. The first-order valence-corrected chi connectivity index (χ1v) is 9.23. The van der Waals surface area contributed by atoms with E-state index >= 15 is 0 Å². The first-order valence-electron chi connectivity index (χ1n) is 9.23. The second-order valence-corrected chi connectivity index (χ2v) is 6.72. The van der Waals surface area contributed by atoms with Gasteiger partial charge < -0.3 is 10.1 Å². The van der Waals surface area contributed by atoms with E-state index < -0.39 is 5.41 Å². The molecule has 4 heteroatoms. The summed E-state index contributed by atoms with van der Waals surface area (Å²) in [6.07, 6.45) is 4.91. The van der Waals surface area contributed by atoms with Crippen LogP contribution < -0.4 is 10.1 Å². The number of ether oxygens (including phenoxy) is 1. The van der Waals surface area contributed by atoms with Gasteiger partial charge in [-0.2, -0.15) is 5.26 Å². The summed E-state index contributed by atoms with van der Waals surface area (Å²) in [4.78, 5) is 13.3. The smallest absolute Gasteiger partial charge is 0.235 e. The number of hydrogen-bond donors (Lipinski definition) is 1. The number of benzene rings is 2. The molecule has 0 unspecified atom stereocenters. The van der Waals surface area contributed by atoms with Gasteiger partial charge in [-0.25, -0.2) is 0 Å². The molecule has 0 atom stereocenters. The van der Waals surface area contributed by atoms with Crippen molar-refractivity contribution in [1.82, 2.24) is 0 Å².